The molecule has 0 aliphatic heterocycles. The number of nitrogens with one attached hydrogen (secondary N) is 1. The molecule has 34 heavy (non-hydrogen) atoms. The van der Waals surface area contributed by atoms with Crippen LogP contribution in [0.4, 0.5) is 19.0 Å². The van der Waals surface area contributed by atoms with Crippen LogP contribution in [0.3, 0.4) is 0 Å². The van der Waals surface area contributed by atoms with Crippen LogP contribution in [-0.4, -0.2) is 16.7 Å². The summed E-state index contributed by atoms with van der Waals surface area (Å²) in [5.41, 5.74) is -0.0103. The molecule has 1 amide bonds. The van der Waals surface area contributed by atoms with Crippen molar-refractivity contribution in [2.24, 2.45) is 5.92 Å². The maximum atomic E-state index is 12.9. The fourth-order valence-corrected chi connectivity index (χ4v) is 3.50. The van der Waals surface area contributed by atoms with Gasteiger partial charge in [-0.3, -0.25) is 9.59 Å². The van der Waals surface area contributed by atoms with E-state index in [-0.39, 0.29) is 41.0 Å². The van der Waals surface area contributed by atoms with Crippen LogP contribution in [0, 0.1) is 5.92 Å². The van der Waals surface area contributed by atoms with Crippen molar-refractivity contribution in [3.05, 3.63) is 82.5 Å². The zero-order valence-corrected chi connectivity index (χ0v) is 18.6. The molecule has 0 atom stereocenters. The van der Waals surface area contributed by atoms with Crippen molar-refractivity contribution in [2.45, 2.75) is 31.9 Å². The summed E-state index contributed by atoms with van der Waals surface area (Å²) in [4.78, 5) is 28.4. The fraction of sp³-hybridized carbons (Fsp3) is 0.240. The second kappa shape index (κ2) is 9.85. The third-order valence-electron chi connectivity index (χ3n) is 5.25. The number of halogens is 4. The van der Waals surface area contributed by atoms with Crippen molar-refractivity contribution in [2.75, 3.05) is 5.32 Å². The molecule has 4 rings (SSSR count). The summed E-state index contributed by atoms with van der Waals surface area (Å²) in [6.07, 6.45) is -1.35. The molecular weight excluding hydrogens is 469 g/mol. The Morgan fingerprint density at radius 3 is 2.41 bits per heavy atom. The summed E-state index contributed by atoms with van der Waals surface area (Å²) >= 11 is 5.98. The molecule has 1 aliphatic rings. The molecule has 3 aromatic rings. The van der Waals surface area contributed by atoms with Crippen molar-refractivity contribution in [3.63, 3.8) is 0 Å². The van der Waals surface area contributed by atoms with E-state index < -0.39 is 11.7 Å². The summed E-state index contributed by atoms with van der Waals surface area (Å²) in [6.45, 7) is 0. The predicted molar refractivity (Wildman–Crippen MR) is 121 cm³/mol. The van der Waals surface area contributed by atoms with Crippen molar-refractivity contribution >= 4 is 29.1 Å². The van der Waals surface area contributed by atoms with Gasteiger partial charge in [-0.05, 0) is 60.4 Å². The summed E-state index contributed by atoms with van der Waals surface area (Å²) in [5, 5.41) is 2.88. The number of ketones is 1. The Bertz CT molecular complexity index is 1210. The first-order chi connectivity index (χ1) is 16.2. The maximum absolute atomic E-state index is 12.9. The maximum Gasteiger partial charge on any atom is 0.416 e. The van der Waals surface area contributed by atoms with Crippen molar-refractivity contribution in [1.82, 2.24) is 4.98 Å². The van der Waals surface area contributed by atoms with Gasteiger partial charge in [0, 0.05) is 36.0 Å². The van der Waals surface area contributed by atoms with Gasteiger partial charge in [-0.25, -0.2) is 4.98 Å². The van der Waals surface area contributed by atoms with E-state index >= 15 is 0 Å². The van der Waals surface area contributed by atoms with Crippen LogP contribution in [0.2, 0.25) is 5.02 Å². The number of rotatable bonds is 8. The Kier molecular flexibility index (Phi) is 6.88. The molecule has 1 fully saturated rings. The lowest BCUT2D eigenvalue weighted by Crippen LogP contribution is -2.14. The topological polar surface area (TPSA) is 68.3 Å². The molecule has 5 nitrogen and oxygen atoms in total. The van der Waals surface area contributed by atoms with E-state index in [1.54, 1.807) is 36.4 Å². The minimum atomic E-state index is -4.50. The lowest BCUT2D eigenvalue weighted by molar-refractivity contribution is -0.137. The third-order valence-corrected chi connectivity index (χ3v) is 5.62. The van der Waals surface area contributed by atoms with E-state index in [1.807, 2.05) is 0 Å². The number of amides is 1. The summed E-state index contributed by atoms with van der Waals surface area (Å²) < 4.78 is 44.6. The van der Waals surface area contributed by atoms with Gasteiger partial charge in [0.1, 0.15) is 23.1 Å². The predicted octanol–water partition coefficient (Wildman–Crippen LogP) is 6.25. The van der Waals surface area contributed by atoms with Crippen molar-refractivity contribution in [3.8, 4) is 11.5 Å². The number of aromatic nitrogens is 1. The van der Waals surface area contributed by atoms with Crippen LogP contribution < -0.4 is 10.1 Å². The number of alkyl halides is 3. The highest BCUT2D eigenvalue weighted by Gasteiger charge is 2.31. The Morgan fingerprint density at radius 1 is 1.00 bits per heavy atom. The van der Waals surface area contributed by atoms with E-state index in [9.17, 15) is 22.8 Å². The molecule has 1 saturated carbocycles. The monoisotopic (exact) mass is 488 g/mol. The molecule has 2 aromatic carbocycles. The average Bonchev–Trinajstić information content (AvgIpc) is 3.62. The number of anilines is 1. The Morgan fingerprint density at radius 2 is 1.74 bits per heavy atom. The standard InChI is InChI=1S/C25H20ClF3N2O3/c26-22-8-5-18(25(27,28)29)12-17(22)13-19(32)11-15-1-6-20(7-2-15)34-21-9-10-30-23(14-21)31-24(33)16-3-4-16/h1-2,5-10,12,14,16H,3-4,11,13H2,(H,30,31,33). The molecule has 9 heteroatoms. The van der Waals surface area contributed by atoms with E-state index in [0.29, 0.717) is 22.9 Å². The fourth-order valence-electron chi connectivity index (χ4n) is 3.32. The van der Waals surface area contributed by atoms with Gasteiger partial charge >= 0.3 is 6.18 Å². The van der Waals surface area contributed by atoms with Gasteiger partial charge in [0.25, 0.3) is 0 Å². The number of carbonyl (C=O) groups excluding carboxylic acids is 2. The number of pyridine rings is 1. The lowest BCUT2D eigenvalue weighted by Gasteiger charge is -2.11. The van der Waals surface area contributed by atoms with E-state index in [4.69, 9.17) is 16.3 Å². The summed E-state index contributed by atoms with van der Waals surface area (Å²) in [6, 6.07) is 13.0. The molecule has 0 unspecified atom stereocenters. The molecule has 1 aliphatic carbocycles. The molecule has 0 radical (unpaired) electrons. The first-order valence-corrected chi connectivity index (χ1v) is 11.0. The Labute approximate surface area is 198 Å². The number of hydrogen-bond donors (Lipinski definition) is 1. The zero-order valence-electron chi connectivity index (χ0n) is 17.9. The Balaban J connectivity index is 1.35. The summed E-state index contributed by atoms with van der Waals surface area (Å²) in [7, 11) is 0. The SMILES string of the molecule is O=C(Cc1ccc(Oc2ccnc(NC(=O)C3CC3)c2)cc1)Cc1cc(C(F)(F)F)ccc1Cl. The van der Waals surface area contributed by atoms with Crippen LogP contribution in [-0.2, 0) is 28.6 Å². The first kappa shape index (κ1) is 23.8. The van der Waals surface area contributed by atoms with Crippen LogP contribution in [0.15, 0.2) is 60.8 Å². The van der Waals surface area contributed by atoms with E-state index in [2.05, 4.69) is 10.3 Å². The molecule has 1 N–H and O–H groups in total. The largest absolute Gasteiger partial charge is 0.457 e. The third kappa shape index (κ3) is 6.35. The van der Waals surface area contributed by atoms with Gasteiger partial charge < -0.3 is 10.1 Å². The normalized spacial score (nSPS) is 13.4. The van der Waals surface area contributed by atoms with Crippen LogP contribution >= 0.6 is 11.6 Å². The molecule has 1 aromatic heterocycles. The number of ether oxygens (including phenoxy) is 1. The van der Waals surface area contributed by atoms with E-state index in [0.717, 1.165) is 31.0 Å². The van der Waals surface area contributed by atoms with E-state index in [1.165, 1.54) is 6.20 Å². The quantitative estimate of drug-likeness (QED) is 0.407. The van der Waals surface area contributed by atoms with Gasteiger partial charge in [-0.15, -0.1) is 0 Å². The average molecular weight is 489 g/mol. The van der Waals surface area contributed by atoms with Crippen LogP contribution in [0.5, 0.6) is 11.5 Å². The van der Waals surface area contributed by atoms with Gasteiger partial charge in [0.15, 0.2) is 0 Å². The number of benzene rings is 2. The molecule has 0 spiro atoms. The number of nitrogens with zero attached hydrogens (tertiary/aromatic N) is 1. The van der Waals surface area contributed by atoms with Gasteiger partial charge in [0.05, 0.1) is 5.56 Å². The van der Waals surface area contributed by atoms with Crippen LogP contribution in [0.1, 0.15) is 29.5 Å². The lowest BCUT2D eigenvalue weighted by atomic mass is 10.0. The molecular formula is C25H20ClF3N2O3. The molecule has 0 saturated heterocycles. The van der Waals surface area contributed by atoms with Gasteiger partial charge in [-0.1, -0.05) is 23.7 Å². The minimum Gasteiger partial charge on any atom is -0.457 e. The van der Waals surface area contributed by atoms with Crippen molar-refractivity contribution < 1.29 is 27.5 Å². The van der Waals surface area contributed by atoms with Crippen LogP contribution in [0.25, 0.3) is 0 Å². The second-order valence-electron chi connectivity index (χ2n) is 8.08. The second-order valence-corrected chi connectivity index (χ2v) is 8.49. The number of hydrogen-bond acceptors (Lipinski definition) is 4. The Hall–Kier alpha value is -3.39. The highest BCUT2D eigenvalue weighted by atomic mass is 35.5. The smallest absolute Gasteiger partial charge is 0.416 e. The highest BCUT2D eigenvalue weighted by Crippen LogP contribution is 2.32. The van der Waals surface area contributed by atoms with Gasteiger partial charge in [-0.2, -0.15) is 13.2 Å². The highest BCUT2D eigenvalue weighted by molar-refractivity contribution is 6.31. The molecule has 0 bridgehead atoms. The number of Topliss-reactive ketones (excluding diaryl/α,β-unsaturated/α-hetero) is 1. The summed E-state index contributed by atoms with van der Waals surface area (Å²) in [5.74, 6) is 1.16. The van der Waals surface area contributed by atoms with Gasteiger partial charge in [0.2, 0.25) is 5.91 Å². The minimum absolute atomic E-state index is 0.0411. The number of carbonyl (C=O) groups is 2. The molecule has 1 heterocycles. The molecule has 176 valence electrons. The first-order valence-electron chi connectivity index (χ1n) is 10.6. The van der Waals surface area contributed by atoms with Crippen molar-refractivity contribution in [1.29, 1.82) is 0 Å². The zero-order chi connectivity index (χ0) is 24.3.